The van der Waals surface area contributed by atoms with Gasteiger partial charge in [0.1, 0.15) is 12.4 Å². The Balaban J connectivity index is 1.78. The fraction of sp³-hybridized carbons (Fsp3) is 0.462. The van der Waals surface area contributed by atoms with E-state index >= 15 is 0 Å². The highest BCUT2D eigenvalue weighted by Crippen LogP contribution is 2.13. The van der Waals surface area contributed by atoms with E-state index in [1.807, 2.05) is 0 Å². The van der Waals surface area contributed by atoms with E-state index in [-0.39, 0.29) is 11.3 Å². The Morgan fingerprint density at radius 1 is 1.42 bits per heavy atom. The molecule has 1 aromatic rings. The van der Waals surface area contributed by atoms with E-state index in [0.29, 0.717) is 26.4 Å². The lowest BCUT2D eigenvalue weighted by atomic mass is 10.2. The van der Waals surface area contributed by atoms with E-state index < -0.39 is 11.8 Å². The average molecular weight is 268 g/mol. The van der Waals surface area contributed by atoms with Gasteiger partial charge in [-0.15, -0.1) is 0 Å². The maximum atomic E-state index is 13.0. The van der Waals surface area contributed by atoms with Gasteiger partial charge in [-0.2, -0.15) is 0 Å². The van der Waals surface area contributed by atoms with Gasteiger partial charge in [-0.1, -0.05) is 0 Å². The molecule has 0 unspecified atom stereocenters. The molecule has 1 aliphatic rings. The van der Waals surface area contributed by atoms with Gasteiger partial charge in [0, 0.05) is 19.6 Å². The number of benzene rings is 1. The smallest absolute Gasteiger partial charge is 0.338 e. The summed E-state index contributed by atoms with van der Waals surface area (Å²) in [5.74, 6) is -1.02. The van der Waals surface area contributed by atoms with Crippen LogP contribution in [0.4, 0.5) is 10.1 Å². The Morgan fingerprint density at radius 3 is 2.84 bits per heavy atom. The fourth-order valence-corrected chi connectivity index (χ4v) is 1.85. The van der Waals surface area contributed by atoms with Crippen molar-refractivity contribution in [2.75, 3.05) is 45.2 Å². The van der Waals surface area contributed by atoms with Crippen LogP contribution in [0.2, 0.25) is 0 Å². The molecule has 0 atom stereocenters. The van der Waals surface area contributed by atoms with Gasteiger partial charge >= 0.3 is 5.97 Å². The summed E-state index contributed by atoms with van der Waals surface area (Å²) in [5.41, 5.74) is 5.61. The van der Waals surface area contributed by atoms with Crippen molar-refractivity contribution in [3.05, 3.63) is 29.6 Å². The summed E-state index contributed by atoms with van der Waals surface area (Å²) in [6.07, 6.45) is 0. The third kappa shape index (κ3) is 3.90. The maximum absolute atomic E-state index is 13.0. The summed E-state index contributed by atoms with van der Waals surface area (Å²) in [5, 5.41) is 0. The number of nitrogens with zero attached hydrogens (tertiary/aromatic N) is 1. The first-order chi connectivity index (χ1) is 9.16. The van der Waals surface area contributed by atoms with Gasteiger partial charge in [-0.25, -0.2) is 9.18 Å². The first-order valence-electron chi connectivity index (χ1n) is 6.19. The van der Waals surface area contributed by atoms with Crippen molar-refractivity contribution in [1.82, 2.24) is 4.90 Å². The van der Waals surface area contributed by atoms with Crippen LogP contribution in [-0.2, 0) is 9.47 Å². The molecule has 0 radical (unpaired) electrons. The molecule has 0 spiro atoms. The highest BCUT2D eigenvalue weighted by Gasteiger charge is 2.12. The average Bonchev–Trinajstić information content (AvgIpc) is 2.43. The second-order valence-corrected chi connectivity index (χ2v) is 4.33. The summed E-state index contributed by atoms with van der Waals surface area (Å²) in [4.78, 5) is 13.9. The SMILES string of the molecule is Nc1cc(C(=O)OCCN2CCOCC2)ccc1F. The number of ether oxygens (including phenoxy) is 2. The van der Waals surface area contributed by atoms with Crippen LogP contribution in [0.25, 0.3) is 0 Å². The lowest BCUT2D eigenvalue weighted by molar-refractivity contribution is 0.0195. The topological polar surface area (TPSA) is 64.8 Å². The lowest BCUT2D eigenvalue weighted by Crippen LogP contribution is -2.38. The van der Waals surface area contributed by atoms with Gasteiger partial charge in [0.15, 0.2) is 0 Å². The number of hydrogen-bond acceptors (Lipinski definition) is 5. The number of nitrogens with two attached hydrogens (primary N) is 1. The lowest BCUT2D eigenvalue weighted by Gasteiger charge is -2.26. The second-order valence-electron chi connectivity index (χ2n) is 4.33. The van der Waals surface area contributed by atoms with Gasteiger partial charge < -0.3 is 15.2 Å². The maximum Gasteiger partial charge on any atom is 0.338 e. The third-order valence-electron chi connectivity index (χ3n) is 2.98. The Kier molecular flexibility index (Phi) is 4.70. The normalized spacial score (nSPS) is 16.3. The summed E-state index contributed by atoms with van der Waals surface area (Å²) < 4.78 is 23.3. The molecule has 2 rings (SSSR count). The van der Waals surface area contributed by atoms with Crippen LogP contribution in [0.1, 0.15) is 10.4 Å². The summed E-state index contributed by atoms with van der Waals surface area (Å²) >= 11 is 0. The predicted molar refractivity (Wildman–Crippen MR) is 68.4 cm³/mol. The van der Waals surface area contributed by atoms with Crippen LogP contribution in [0, 0.1) is 5.82 Å². The molecule has 1 aromatic carbocycles. The molecule has 1 saturated heterocycles. The number of esters is 1. The highest BCUT2D eigenvalue weighted by molar-refractivity contribution is 5.90. The number of carbonyl (C=O) groups excluding carboxylic acids is 1. The molecule has 104 valence electrons. The van der Waals surface area contributed by atoms with E-state index in [1.165, 1.54) is 12.1 Å². The number of hydrogen-bond donors (Lipinski definition) is 1. The number of rotatable bonds is 4. The molecule has 0 bridgehead atoms. The number of nitrogen functional groups attached to an aromatic ring is 1. The van der Waals surface area contributed by atoms with Crippen molar-refractivity contribution in [3.63, 3.8) is 0 Å². The van der Waals surface area contributed by atoms with Crippen molar-refractivity contribution in [3.8, 4) is 0 Å². The van der Waals surface area contributed by atoms with Crippen molar-refractivity contribution in [1.29, 1.82) is 0 Å². The molecule has 0 aliphatic carbocycles. The molecule has 19 heavy (non-hydrogen) atoms. The van der Waals surface area contributed by atoms with Gasteiger partial charge in [-0.3, -0.25) is 4.90 Å². The highest BCUT2D eigenvalue weighted by atomic mass is 19.1. The molecule has 0 amide bonds. The number of morpholine rings is 1. The van der Waals surface area contributed by atoms with E-state index in [2.05, 4.69) is 4.90 Å². The first kappa shape index (κ1) is 13.8. The number of carbonyl (C=O) groups is 1. The summed E-state index contributed by atoms with van der Waals surface area (Å²) in [6.45, 7) is 4.09. The minimum absolute atomic E-state index is 0.0531. The number of anilines is 1. The molecular weight excluding hydrogens is 251 g/mol. The standard InChI is InChI=1S/C13H17FN2O3/c14-11-2-1-10(9-12(11)15)13(17)19-8-5-16-3-6-18-7-4-16/h1-2,9H,3-8,15H2. The largest absolute Gasteiger partial charge is 0.461 e. The second kappa shape index (κ2) is 6.49. The zero-order valence-corrected chi connectivity index (χ0v) is 10.6. The van der Waals surface area contributed by atoms with Crippen LogP contribution in [-0.4, -0.2) is 50.3 Å². The summed E-state index contributed by atoms with van der Waals surface area (Å²) in [7, 11) is 0. The van der Waals surface area contributed by atoms with Crippen LogP contribution < -0.4 is 5.73 Å². The van der Waals surface area contributed by atoms with Crippen LogP contribution in [0.3, 0.4) is 0 Å². The molecule has 0 saturated carbocycles. The van der Waals surface area contributed by atoms with Gasteiger partial charge in [0.25, 0.3) is 0 Å². The van der Waals surface area contributed by atoms with Crippen molar-refractivity contribution in [2.24, 2.45) is 0 Å². The minimum atomic E-state index is -0.537. The van der Waals surface area contributed by atoms with Gasteiger partial charge in [0.05, 0.1) is 24.5 Å². The molecule has 5 nitrogen and oxygen atoms in total. The van der Waals surface area contributed by atoms with Gasteiger partial charge in [0.2, 0.25) is 0 Å². The number of halogens is 1. The Labute approximate surface area is 111 Å². The van der Waals surface area contributed by atoms with E-state index in [9.17, 15) is 9.18 Å². The molecule has 2 N–H and O–H groups in total. The van der Waals surface area contributed by atoms with Crippen LogP contribution in [0.15, 0.2) is 18.2 Å². The minimum Gasteiger partial charge on any atom is -0.461 e. The van der Waals surface area contributed by atoms with Crippen molar-refractivity contribution in [2.45, 2.75) is 0 Å². The zero-order valence-electron chi connectivity index (χ0n) is 10.6. The third-order valence-corrected chi connectivity index (χ3v) is 2.98. The summed E-state index contributed by atoms with van der Waals surface area (Å²) in [6, 6.07) is 3.81. The van der Waals surface area contributed by atoms with Gasteiger partial charge in [-0.05, 0) is 18.2 Å². The van der Waals surface area contributed by atoms with E-state index in [1.54, 1.807) is 0 Å². The predicted octanol–water partition coefficient (Wildman–Crippen LogP) is 0.897. The fourth-order valence-electron chi connectivity index (χ4n) is 1.85. The molecule has 1 fully saturated rings. The molecule has 6 heteroatoms. The van der Waals surface area contributed by atoms with Crippen LogP contribution in [0.5, 0.6) is 0 Å². The molecular formula is C13H17FN2O3. The monoisotopic (exact) mass is 268 g/mol. The first-order valence-corrected chi connectivity index (χ1v) is 6.19. The Hall–Kier alpha value is -1.66. The zero-order chi connectivity index (χ0) is 13.7. The molecule has 1 heterocycles. The molecule has 1 aliphatic heterocycles. The molecule has 0 aromatic heterocycles. The van der Waals surface area contributed by atoms with Crippen LogP contribution >= 0.6 is 0 Å². The van der Waals surface area contributed by atoms with Crippen molar-refractivity contribution < 1.29 is 18.7 Å². The Bertz CT molecular complexity index is 448. The van der Waals surface area contributed by atoms with E-state index in [0.717, 1.165) is 19.2 Å². The quantitative estimate of drug-likeness (QED) is 0.649. The van der Waals surface area contributed by atoms with E-state index in [4.69, 9.17) is 15.2 Å². The van der Waals surface area contributed by atoms with Crippen molar-refractivity contribution >= 4 is 11.7 Å². The Morgan fingerprint density at radius 2 is 2.16 bits per heavy atom.